The fraction of sp³-hybridized carbons (Fsp3) is 0.286. The molecule has 0 aliphatic heterocycles. The molecule has 0 radical (unpaired) electrons. The molecule has 1 rings (SSSR count). The Balaban J connectivity index is 2.41. The van der Waals surface area contributed by atoms with Crippen molar-refractivity contribution in [3.8, 4) is 5.75 Å². The molecule has 0 heterocycles. The van der Waals surface area contributed by atoms with Gasteiger partial charge < -0.3 is 9.64 Å². The Morgan fingerprint density at radius 3 is 2.33 bits per heavy atom. The first-order chi connectivity index (χ1) is 8.67. The molecule has 1 aromatic rings. The van der Waals surface area contributed by atoms with E-state index in [1.54, 1.807) is 12.1 Å². The van der Waals surface area contributed by atoms with Crippen molar-refractivity contribution in [3.63, 3.8) is 0 Å². The van der Waals surface area contributed by atoms with Crippen molar-refractivity contribution in [1.29, 1.82) is 0 Å². The fourth-order valence-electron chi connectivity index (χ4n) is 1.58. The van der Waals surface area contributed by atoms with Gasteiger partial charge in [-0.3, -0.25) is 0 Å². The second kappa shape index (κ2) is 8.20. The van der Waals surface area contributed by atoms with Crippen LogP contribution in [-0.2, 0) is 0 Å². The minimum atomic E-state index is 0.510. The second-order valence-electron chi connectivity index (χ2n) is 3.91. The molecular weight excluding hydrogens is 269 g/mol. The summed E-state index contributed by atoms with van der Waals surface area (Å²) in [6, 6.07) is 5.27. The van der Waals surface area contributed by atoms with E-state index in [1.807, 2.05) is 18.2 Å². The van der Waals surface area contributed by atoms with E-state index in [1.165, 1.54) is 4.90 Å². The zero-order valence-electron chi connectivity index (χ0n) is 10.3. The largest absolute Gasteiger partial charge is 0.488 e. The van der Waals surface area contributed by atoms with Crippen molar-refractivity contribution in [1.82, 2.24) is 0 Å². The van der Waals surface area contributed by atoms with Gasteiger partial charge in [0, 0.05) is 6.07 Å². The van der Waals surface area contributed by atoms with E-state index in [0.717, 1.165) is 25.4 Å². The molecule has 0 atom stereocenters. The molecule has 0 aliphatic rings. The Morgan fingerprint density at radius 2 is 1.78 bits per heavy atom. The number of ether oxygens (including phenoxy) is 1. The number of hydrogen-bond acceptors (Lipinski definition) is 1. The number of halogens is 2. The maximum atomic E-state index is 5.91. The van der Waals surface area contributed by atoms with Gasteiger partial charge in [0.25, 0.3) is 0 Å². The van der Waals surface area contributed by atoms with Crippen LogP contribution in [0.4, 0.5) is 0 Å². The molecule has 0 bridgehead atoms. The lowest BCUT2D eigenvalue weighted by Crippen LogP contribution is -3.12. The molecule has 1 N–H and O–H groups in total. The molecule has 0 spiro atoms. The molecule has 1 aromatic carbocycles. The summed E-state index contributed by atoms with van der Waals surface area (Å²) in [5, 5.41) is 1.05. The molecule has 0 unspecified atom stereocenters. The van der Waals surface area contributed by atoms with E-state index >= 15 is 0 Å². The van der Waals surface area contributed by atoms with Gasteiger partial charge in [-0.15, -0.1) is 0 Å². The molecule has 2 nitrogen and oxygen atoms in total. The Bertz CT molecular complexity index is 397. The summed E-state index contributed by atoms with van der Waals surface area (Å²) in [7, 11) is 0. The van der Waals surface area contributed by atoms with Crippen LogP contribution in [0, 0.1) is 0 Å². The molecule has 0 aliphatic carbocycles. The topological polar surface area (TPSA) is 13.7 Å². The van der Waals surface area contributed by atoms with E-state index in [9.17, 15) is 0 Å². The third-order valence-electron chi connectivity index (χ3n) is 2.48. The summed E-state index contributed by atoms with van der Waals surface area (Å²) in [4.78, 5) is 1.36. The summed E-state index contributed by atoms with van der Waals surface area (Å²) in [5.41, 5.74) is 0. The minimum Gasteiger partial charge on any atom is -0.488 e. The van der Waals surface area contributed by atoms with Crippen LogP contribution >= 0.6 is 23.2 Å². The quantitative estimate of drug-likeness (QED) is 0.726. The second-order valence-corrected chi connectivity index (χ2v) is 4.72. The van der Waals surface area contributed by atoms with Crippen LogP contribution in [0.2, 0.25) is 10.0 Å². The number of nitrogens with one attached hydrogen (secondary N) is 1. The fourth-order valence-corrected chi connectivity index (χ4v) is 1.86. The lowest BCUT2D eigenvalue weighted by molar-refractivity contribution is -0.888. The summed E-state index contributed by atoms with van der Waals surface area (Å²) in [6.45, 7) is 10.8. The van der Waals surface area contributed by atoms with Crippen LogP contribution in [0.25, 0.3) is 0 Å². The van der Waals surface area contributed by atoms with Crippen LogP contribution < -0.4 is 9.64 Å². The van der Waals surface area contributed by atoms with Gasteiger partial charge in [0.2, 0.25) is 0 Å². The summed E-state index contributed by atoms with van der Waals surface area (Å²) in [5.74, 6) is 0.737. The summed E-state index contributed by atoms with van der Waals surface area (Å²) in [6.07, 6.45) is 3.80. The zero-order chi connectivity index (χ0) is 13.4. The van der Waals surface area contributed by atoms with Crippen LogP contribution in [0.1, 0.15) is 0 Å². The van der Waals surface area contributed by atoms with Crippen molar-refractivity contribution in [3.05, 3.63) is 53.6 Å². The van der Waals surface area contributed by atoms with Crippen LogP contribution in [0.3, 0.4) is 0 Å². The predicted molar refractivity (Wildman–Crippen MR) is 77.9 cm³/mol. The van der Waals surface area contributed by atoms with Crippen LogP contribution in [0.5, 0.6) is 5.75 Å². The monoisotopic (exact) mass is 286 g/mol. The van der Waals surface area contributed by atoms with E-state index in [0.29, 0.717) is 16.7 Å². The van der Waals surface area contributed by atoms with E-state index in [4.69, 9.17) is 27.9 Å². The maximum Gasteiger partial charge on any atom is 0.137 e. The molecule has 0 saturated heterocycles. The predicted octanol–water partition coefficient (Wildman–Crippen LogP) is 2.63. The minimum absolute atomic E-state index is 0.510. The van der Waals surface area contributed by atoms with Crippen molar-refractivity contribution in [2.75, 3.05) is 26.2 Å². The molecule has 0 amide bonds. The molecule has 0 aromatic heterocycles. The highest BCUT2D eigenvalue weighted by atomic mass is 35.5. The van der Waals surface area contributed by atoms with Crippen LogP contribution in [-0.4, -0.2) is 26.2 Å². The molecule has 0 saturated carbocycles. The molecule has 0 fully saturated rings. The van der Waals surface area contributed by atoms with Gasteiger partial charge in [-0.2, -0.15) is 0 Å². The summed E-state index contributed by atoms with van der Waals surface area (Å²) < 4.78 is 5.63. The average Bonchev–Trinajstić information content (AvgIpc) is 2.34. The highest BCUT2D eigenvalue weighted by Crippen LogP contribution is 2.26. The number of rotatable bonds is 8. The highest BCUT2D eigenvalue weighted by molar-refractivity contribution is 6.42. The van der Waals surface area contributed by atoms with Gasteiger partial charge in [0.05, 0.1) is 23.1 Å². The van der Waals surface area contributed by atoms with Gasteiger partial charge in [-0.05, 0) is 24.3 Å². The Morgan fingerprint density at radius 1 is 1.11 bits per heavy atom. The van der Waals surface area contributed by atoms with Crippen molar-refractivity contribution < 1.29 is 9.64 Å². The van der Waals surface area contributed by atoms with E-state index < -0.39 is 0 Å². The van der Waals surface area contributed by atoms with Crippen molar-refractivity contribution in [2.24, 2.45) is 0 Å². The average molecular weight is 287 g/mol. The first-order valence-electron chi connectivity index (χ1n) is 5.80. The zero-order valence-corrected chi connectivity index (χ0v) is 11.8. The standard InChI is InChI=1S/C14H17Cl2NO/c1-3-7-17(8-4-2)9-10-18-12-5-6-13(15)14(16)11-12/h3-6,11H,1-2,7-10H2/p+1. The van der Waals surface area contributed by atoms with Crippen molar-refractivity contribution in [2.45, 2.75) is 0 Å². The highest BCUT2D eigenvalue weighted by Gasteiger charge is 2.05. The van der Waals surface area contributed by atoms with Crippen molar-refractivity contribution >= 4 is 23.2 Å². The SMILES string of the molecule is C=CC[NH+](CC=C)CCOc1ccc(Cl)c(Cl)c1. The molecule has 18 heavy (non-hydrogen) atoms. The third kappa shape index (κ3) is 5.13. The number of quaternary nitrogens is 1. The van der Waals surface area contributed by atoms with E-state index in [-0.39, 0.29) is 0 Å². The Hall–Kier alpha value is -0.960. The number of hydrogen-bond donors (Lipinski definition) is 1. The first kappa shape index (κ1) is 15.1. The van der Waals surface area contributed by atoms with Gasteiger partial charge in [-0.25, -0.2) is 0 Å². The molecular formula is C14H18Cl2NO+. The normalized spacial score (nSPS) is 10.4. The van der Waals surface area contributed by atoms with Gasteiger partial charge in [0.1, 0.15) is 18.9 Å². The summed E-state index contributed by atoms with van der Waals surface area (Å²) >= 11 is 11.7. The van der Waals surface area contributed by atoms with Gasteiger partial charge >= 0.3 is 0 Å². The van der Waals surface area contributed by atoms with Gasteiger partial charge in [0.15, 0.2) is 0 Å². The Labute approximate surface area is 118 Å². The molecule has 4 heteroatoms. The molecule has 98 valence electrons. The maximum absolute atomic E-state index is 5.91. The smallest absolute Gasteiger partial charge is 0.137 e. The third-order valence-corrected chi connectivity index (χ3v) is 3.22. The van der Waals surface area contributed by atoms with Gasteiger partial charge in [-0.1, -0.05) is 36.4 Å². The number of benzene rings is 1. The Kier molecular flexibility index (Phi) is 6.88. The lowest BCUT2D eigenvalue weighted by Gasteiger charge is -2.16. The lowest BCUT2D eigenvalue weighted by atomic mass is 10.3. The van der Waals surface area contributed by atoms with Crippen LogP contribution in [0.15, 0.2) is 43.5 Å². The van der Waals surface area contributed by atoms with E-state index in [2.05, 4.69) is 13.2 Å². The first-order valence-corrected chi connectivity index (χ1v) is 6.56.